The molecule has 0 bridgehead atoms. The van der Waals surface area contributed by atoms with E-state index < -0.39 is 6.43 Å². The number of carbonyl (C=O) groups excluding carboxylic acids is 1. The van der Waals surface area contributed by atoms with Crippen LogP contribution in [-0.2, 0) is 4.84 Å². The lowest BCUT2D eigenvalue weighted by atomic mass is 9.92. The van der Waals surface area contributed by atoms with E-state index in [0.29, 0.717) is 37.5 Å². The molecule has 1 aromatic carbocycles. The van der Waals surface area contributed by atoms with E-state index in [9.17, 15) is 13.6 Å². The molecule has 2 N–H and O–H groups in total. The highest BCUT2D eigenvalue weighted by Gasteiger charge is 2.25. The van der Waals surface area contributed by atoms with Gasteiger partial charge in [0.25, 0.3) is 12.3 Å². The number of benzene rings is 1. The van der Waals surface area contributed by atoms with E-state index >= 15 is 0 Å². The van der Waals surface area contributed by atoms with Gasteiger partial charge >= 0.3 is 0 Å². The lowest BCUT2D eigenvalue weighted by Gasteiger charge is -2.34. The Kier molecular flexibility index (Phi) is 9.47. The minimum atomic E-state index is -2.62. The molecule has 1 aromatic rings. The molecule has 1 amide bonds. The second-order valence-electron chi connectivity index (χ2n) is 8.44. The molecule has 33 heavy (non-hydrogen) atoms. The van der Waals surface area contributed by atoms with Crippen LogP contribution in [0.5, 0.6) is 5.75 Å². The molecule has 0 aliphatic carbocycles. The fourth-order valence-electron chi connectivity index (χ4n) is 4.09. The molecule has 2 aliphatic rings. The van der Waals surface area contributed by atoms with Crippen LogP contribution in [0.25, 0.3) is 0 Å². The molecule has 0 atom stereocenters. The maximum Gasteiger partial charge on any atom is 0.297 e. The van der Waals surface area contributed by atoms with E-state index in [1.807, 2.05) is 19.1 Å². The van der Waals surface area contributed by atoms with Crippen LogP contribution in [0.2, 0.25) is 0 Å². The first-order chi connectivity index (χ1) is 16.0. The molecule has 2 heterocycles. The summed E-state index contributed by atoms with van der Waals surface area (Å²) in [6, 6.07) is 5.46. The number of nitrogens with one attached hydrogen (secondary N) is 1. The number of piperidine rings is 1. The van der Waals surface area contributed by atoms with Gasteiger partial charge in [0.15, 0.2) is 5.76 Å². The molecular weight excluding hydrogens is 432 g/mol. The Morgan fingerprint density at radius 2 is 2.12 bits per heavy atom. The molecule has 182 valence electrons. The van der Waals surface area contributed by atoms with E-state index in [4.69, 9.17) is 14.7 Å². The number of ether oxygens (including phenoxy) is 1. The third-order valence-electron chi connectivity index (χ3n) is 6.03. The normalized spacial score (nSPS) is 16.8. The molecule has 1 saturated heterocycles. The average Bonchev–Trinajstić information content (AvgIpc) is 2.82. The minimum absolute atomic E-state index is 0.0529. The van der Waals surface area contributed by atoms with Crippen LogP contribution in [0, 0.1) is 12.8 Å². The molecule has 2 aliphatic heterocycles. The summed E-state index contributed by atoms with van der Waals surface area (Å²) in [7, 11) is 0. The number of hydrogen-bond donors (Lipinski definition) is 2. The van der Waals surface area contributed by atoms with Crippen molar-refractivity contribution < 1.29 is 28.3 Å². The van der Waals surface area contributed by atoms with Crippen molar-refractivity contribution in [1.82, 2.24) is 10.2 Å². The maximum atomic E-state index is 12.6. The number of amidine groups is 1. The fraction of sp³-hybridized carbons (Fsp3) is 0.583. The Balaban J connectivity index is 1.33. The van der Waals surface area contributed by atoms with E-state index in [0.717, 1.165) is 55.9 Å². The van der Waals surface area contributed by atoms with Gasteiger partial charge in [0.2, 0.25) is 0 Å². The van der Waals surface area contributed by atoms with E-state index in [-0.39, 0.29) is 18.3 Å². The molecule has 1 fully saturated rings. The Bertz CT molecular complexity index is 852. The van der Waals surface area contributed by atoms with Crippen LogP contribution < -0.4 is 10.1 Å². The number of oxime groups is 1. The zero-order valence-corrected chi connectivity index (χ0v) is 19.1. The van der Waals surface area contributed by atoms with Crippen molar-refractivity contribution in [3.63, 3.8) is 0 Å². The van der Waals surface area contributed by atoms with E-state index in [2.05, 4.69) is 15.4 Å². The van der Waals surface area contributed by atoms with Crippen molar-refractivity contribution in [1.29, 1.82) is 0 Å². The molecule has 0 saturated carbocycles. The number of allylic oxidation sites excluding steroid dienone is 1. The zero-order chi connectivity index (χ0) is 23.6. The van der Waals surface area contributed by atoms with Gasteiger partial charge in [0.1, 0.15) is 11.6 Å². The van der Waals surface area contributed by atoms with Crippen molar-refractivity contribution in [2.75, 3.05) is 32.8 Å². The standard InChI is InChI=1S/C24H33F2N3O4/c1-17-16-19(5-6-20(17)24(31)27-11-3-14-30)32-15-2-4-18-9-12-29(13-10-18)22-8-7-21(23(25)26)33-28-22/h5-7,16,18,23,30H,2-4,8-15H2,1H3,(H,27,31). The number of alkyl halides is 2. The molecule has 0 aromatic heterocycles. The number of rotatable bonds is 10. The number of aliphatic hydroxyl groups is 1. The van der Waals surface area contributed by atoms with Crippen LogP contribution in [0.1, 0.15) is 54.4 Å². The number of halogens is 2. The molecule has 0 radical (unpaired) electrons. The topological polar surface area (TPSA) is 83.4 Å². The highest BCUT2D eigenvalue weighted by molar-refractivity contribution is 5.95. The number of aliphatic hydroxyl groups excluding tert-OH is 1. The zero-order valence-electron chi connectivity index (χ0n) is 19.1. The third-order valence-corrected chi connectivity index (χ3v) is 6.03. The highest BCUT2D eigenvalue weighted by Crippen LogP contribution is 2.25. The monoisotopic (exact) mass is 465 g/mol. The second kappa shape index (κ2) is 12.5. The van der Waals surface area contributed by atoms with Crippen LogP contribution in [0.4, 0.5) is 8.78 Å². The molecular formula is C24H33F2N3O4. The predicted molar refractivity (Wildman–Crippen MR) is 121 cm³/mol. The van der Waals surface area contributed by atoms with Crippen molar-refractivity contribution in [3.8, 4) is 5.75 Å². The molecule has 3 rings (SSSR count). The van der Waals surface area contributed by atoms with Crippen molar-refractivity contribution in [2.24, 2.45) is 11.1 Å². The minimum Gasteiger partial charge on any atom is -0.494 e. The summed E-state index contributed by atoms with van der Waals surface area (Å²) in [5, 5.41) is 15.5. The summed E-state index contributed by atoms with van der Waals surface area (Å²) in [5.74, 6) is 1.58. The summed E-state index contributed by atoms with van der Waals surface area (Å²) in [6.45, 7) is 4.71. The first-order valence-electron chi connectivity index (χ1n) is 11.6. The second-order valence-corrected chi connectivity index (χ2v) is 8.44. The maximum absolute atomic E-state index is 12.6. The lowest BCUT2D eigenvalue weighted by Crippen LogP contribution is -2.39. The van der Waals surface area contributed by atoms with Gasteiger partial charge in [-0.15, -0.1) is 0 Å². The summed E-state index contributed by atoms with van der Waals surface area (Å²) >= 11 is 0. The fourth-order valence-corrected chi connectivity index (χ4v) is 4.09. The molecule has 9 heteroatoms. The number of aryl methyl sites for hydroxylation is 1. The van der Waals surface area contributed by atoms with Crippen LogP contribution in [0.3, 0.4) is 0 Å². The average molecular weight is 466 g/mol. The number of nitrogens with zero attached hydrogens (tertiary/aromatic N) is 2. The summed E-state index contributed by atoms with van der Waals surface area (Å²) in [4.78, 5) is 19.1. The third kappa shape index (κ3) is 7.42. The highest BCUT2D eigenvalue weighted by atomic mass is 19.3. The Hall–Kier alpha value is -2.68. The van der Waals surface area contributed by atoms with Crippen molar-refractivity contribution in [2.45, 2.75) is 51.9 Å². The Morgan fingerprint density at radius 1 is 1.33 bits per heavy atom. The number of amides is 1. The first-order valence-corrected chi connectivity index (χ1v) is 11.6. The van der Waals surface area contributed by atoms with Crippen LogP contribution >= 0.6 is 0 Å². The van der Waals surface area contributed by atoms with Gasteiger partial charge in [-0.05, 0) is 74.8 Å². The van der Waals surface area contributed by atoms with E-state index in [1.165, 1.54) is 6.08 Å². The Morgan fingerprint density at radius 3 is 2.76 bits per heavy atom. The van der Waals surface area contributed by atoms with Crippen LogP contribution in [-0.4, -0.2) is 61.0 Å². The van der Waals surface area contributed by atoms with Crippen LogP contribution in [0.15, 0.2) is 35.2 Å². The quantitative estimate of drug-likeness (QED) is 0.513. The largest absolute Gasteiger partial charge is 0.494 e. The lowest BCUT2D eigenvalue weighted by molar-refractivity contribution is 0.0792. The molecule has 0 unspecified atom stereocenters. The van der Waals surface area contributed by atoms with Gasteiger partial charge in [0, 0.05) is 38.2 Å². The molecule has 0 spiro atoms. The van der Waals surface area contributed by atoms with Gasteiger partial charge in [-0.1, -0.05) is 5.16 Å². The van der Waals surface area contributed by atoms with Crippen molar-refractivity contribution in [3.05, 3.63) is 41.2 Å². The molecule has 7 nitrogen and oxygen atoms in total. The first kappa shape index (κ1) is 25.0. The number of carbonyl (C=O) groups is 1. The smallest absolute Gasteiger partial charge is 0.297 e. The van der Waals surface area contributed by atoms with Gasteiger partial charge in [-0.2, -0.15) is 0 Å². The van der Waals surface area contributed by atoms with Gasteiger partial charge in [-0.25, -0.2) is 8.78 Å². The summed E-state index contributed by atoms with van der Waals surface area (Å²) < 4.78 is 31.1. The number of likely N-dealkylation sites (tertiary alicyclic amines) is 1. The van der Waals surface area contributed by atoms with E-state index in [1.54, 1.807) is 6.07 Å². The SMILES string of the molecule is Cc1cc(OCCCC2CCN(C3=NOC(C(F)F)=CC3)CC2)ccc1C(=O)NCCCO. The van der Waals surface area contributed by atoms with Gasteiger partial charge in [0.05, 0.1) is 6.61 Å². The van der Waals surface area contributed by atoms with Crippen molar-refractivity contribution >= 4 is 11.7 Å². The van der Waals surface area contributed by atoms with Gasteiger partial charge < -0.3 is 24.9 Å². The summed E-state index contributed by atoms with van der Waals surface area (Å²) in [5.41, 5.74) is 1.47. The number of hydrogen-bond acceptors (Lipinski definition) is 6. The predicted octanol–water partition coefficient (Wildman–Crippen LogP) is 3.86. The Labute approximate surface area is 193 Å². The summed E-state index contributed by atoms with van der Waals surface area (Å²) in [6.07, 6.45) is 3.79. The van der Waals surface area contributed by atoms with Gasteiger partial charge in [-0.3, -0.25) is 4.79 Å².